The van der Waals surface area contributed by atoms with Crippen molar-refractivity contribution in [2.75, 3.05) is 49.7 Å². The van der Waals surface area contributed by atoms with E-state index in [9.17, 15) is 4.79 Å². The Balaban J connectivity index is 1.15. The number of nitrogens with one attached hydrogen (secondary N) is 1. The largest absolute Gasteiger partial charge is 0.494 e. The molecule has 1 N–H and O–H groups in total. The first-order valence-corrected chi connectivity index (χ1v) is 11.2. The average molecular weight is 450 g/mol. The third-order valence-electron chi connectivity index (χ3n) is 5.64. The zero-order valence-electron chi connectivity index (χ0n) is 16.9. The lowest BCUT2D eigenvalue weighted by atomic mass is 10.0. The Hall–Kier alpha value is -2.02. The molecule has 160 valence electrons. The lowest BCUT2D eigenvalue weighted by Crippen LogP contribution is -2.65. The topological polar surface area (TPSA) is 48.7 Å². The van der Waals surface area contributed by atoms with Crippen LogP contribution in [0, 0.1) is 0 Å². The molecule has 1 saturated heterocycles. The molecule has 1 aromatic carbocycles. The minimum absolute atomic E-state index is 0.0794. The molecule has 0 aliphatic carbocycles. The predicted octanol–water partition coefficient (Wildman–Crippen LogP) is 3.28. The Bertz CT molecular complexity index is 901. The molecule has 2 aliphatic rings. The first kappa shape index (κ1) is 21.2. The van der Waals surface area contributed by atoms with Crippen molar-refractivity contribution >= 4 is 34.8 Å². The van der Waals surface area contributed by atoms with Crippen LogP contribution in [-0.2, 0) is 11.2 Å². The van der Waals surface area contributed by atoms with Gasteiger partial charge in [-0.25, -0.2) is 0 Å². The molecule has 0 bridgehead atoms. The Morgan fingerprint density at radius 1 is 1.07 bits per heavy atom. The molecule has 8 heteroatoms. The van der Waals surface area contributed by atoms with Crippen LogP contribution < -0.4 is 19.7 Å². The molecule has 0 unspecified atom stereocenters. The molecule has 1 aromatic heterocycles. The van der Waals surface area contributed by atoms with E-state index in [0.29, 0.717) is 23.2 Å². The summed E-state index contributed by atoms with van der Waals surface area (Å²) in [5.74, 6) is 0.899. The number of piperazine rings is 1. The SMILES string of the molecule is O=C1CCc2ccc(OCCCCN3CCN([n+]4cccc(Cl)c4Cl)CC3)cc2N1. The highest BCUT2D eigenvalue weighted by Gasteiger charge is 2.25. The van der Waals surface area contributed by atoms with Gasteiger partial charge in [-0.1, -0.05) is 22.3 Å². The number of fused-ring (bicyclic) bond motifs is 1. The number of aryl methyl sites for hydroxylation is 1. The van der Waals surface area contributed by atoms with E-state index in [1.165, 1.54) is 5.56 Å². The highest BCUT2D eigenvalue weighted by Crippen LogP contribution is 2.27. The van der Waals surface area contributed by atoms with Gasteiger partial charge in [0.2, 0.25) is 12.1 Å². The number of aromatic nitrogens is 1. The van der Waals surface area contributed by atoms with Crippen LogP contribution in [0.3, 0.4) is 0 Å². The molecule has 0 radical (unpaired) electrons. The maximum absolute atomic E-state index is 11.5. The number of anilines is 1. The van der Waals surface area contributed by atoms with Gasteiger partial charge in [-0.2, -0.15) is 5.01 Å². The highest BCUT2D eigenvalue weighted by atomic mass is 35.5. The van der Waals surface area contributed by atoms with Crippen LogP contribution in [0.15, 0.2) is 36.5 Å². The van der Waals surface area contributed by atoms with Gasteiger partial charge in [-0.05, 0) is 55.1 Å². The maximum atomic E-state index is 11.5. The number of carbonyl (C=O) groups is 1. The second-order valence-electron chi connectivity index (χ2n) is 7.71. The molecule has 0 saturated carbocycles. The van der Waals surface area contributed by atoms with Gasteiger partial charge in [0.05, 0.1) is 19.7 Å². The molecule has 0 atom stereocenters. The fourth-order valence-electron chi connectivity index (χ4n) is 3.92. The number of amides is 1. The summed E-state index contributed by atoms with van der Waals surface area (Å²) in [6.07, 6.45) is 5.40. The van der Waals surface area contributed by atoms with E-state index in [1.54, 1.807) is 6.07 Å². The van der Waals surface area contributed by atoms with Gasteiger partial charge in [0.1, 0.15) is 10.8 Å². The molecule has 0 spiro atoms. The third-order valence-corrected chi connectivity index (χ3v) is 6.41. The Morgan fingerprint density at radius 2 is 1.90 bits per heavy atom. The number of halogens is 2. The number of hydrogen-bond acceptors (Lipinski definition) is 4. The summed E-state index contributed by atoms with van der Waals surface area (Å²) in [4.78, 5) is 14.0. The van der Waals surface area contributed by atoms with Crippen molar-refractivity contribution in [2.45, 2.75) is 25.7 Å². The number of ether oxygens (including phenoxy) is 1. The van der Waals surface area contributed by atoms with Crippen LogP contribution in [0.25, 0.3) is 0 Å². The quantitative estimate of drug-likeness (QED) is 0.400. The predicted molar refractivity (Wildman–Crippen MR) is 119 cm³/mol. The summed E-state index contributed by atoms with van der Waals surface area (Å²) in [5, 5.41) is 6.28. The van der Waals surface area contributed by atoms with Crippen LogP contribution in [0.4, 0.5) is 5.69 Å². The van der Waals surface area contributed by atoms with Crippen molar-refractivity contribution in [2.24, 2.45) is 0 Å². The van der Waals surface area contributed by atoms with Crippen LogP contribution in [0.5, 0.6) is 5.75 Å². The fourth-order valence-corrected chi connectivity index (χ4v) is 4.30. The molecule has 1 amide bonds. The van der Waals surface area contributed by atoms with E-state index in [4.69, 9.17) is 27.9 Å². The van der Waals surface area contributed by atoms with E-state index in [1.807, 2.05) is 35.1 Å². The van der Waals surface area contributed by atoms with Crippen molar-refractivity contribution in [3.8, 4) is 5.75 Å². The van der Waals surface area contributed by atoms with Crippen molar-refractivity contribution in [3.63, 3.8) is 0 Å². The molecule has 3 heterocycles. The normalized spacial score (nSPS) is 16.9. The van der Waals surface area contributed by atoms with Crippen molar-refractivity contribution in [3.05, 3.63) is 52.3 Å². The third kappa shape index (κ3) is 5.17. The summed E-state index contributed by atoms with van der Waals surface area (Å²) < 4.78 is 7.83. The van der Waals surface area contributed by atoms with Crippen LogP contribution >= 0.6 is 23.2 Å². The minimum atomic E-state index is 0.0794. The van der Waals surface area contributed by atoms with Gasteiger partial charge >= 0.3 is 5.15 Å². The van der Waals surface area contributed by atoms with Crippen LogP contribution in [0.1, 0.15) is 24.8 Å². The fraction of sp³-hybridized carbons (Fsp3) is 0.455. The number of benzene rings is 1. The molecule has 6 nitrogen and oxygen atoms in total. The Morgan fingerprint density at radius 3 is 2.73 bits per heavy atom. The van der Waals surface area contributed by atoms with E-state index in [0.717, 1.165) is 63.4 Å². The van der Waals surface area contributed by atoms with E-state index in [2.05, 4.69) is 15.2 Å². The van der Waals surface area contributed by atoms with Crippen molar-refractivity contribution < 1.29 is 14.2 Å². The smallest absolute Gasteiger partial charge is 0.322 e. The standard InChI is InChI=1S/C22H26Cl2N4O2/c23-19-4-3-10-28(22(19)24)27-13-11-26(12-14-27)9-1-2-15-30-18-7-5-17-6-8-21(29)25-20(17)16-18/h3-5,7,10,16H,1-2,6,8-9,11-15H2/p+1. The van der Waals surface area contributed by atoms with Gasteiger partial charge in [-0.3, -0.25) is 9.69 Å². The van der Waals surface area contributed by atoms with Gasteiger partial charge in [0.25, 0.3) is 0 Å². The molecular formula is C22H27Cl2N4O2+. The minimum Gasteiger partial charge on any atom is -0.494 e. The van der Waals surface area contributed by atoms with Gasteiger partial charge in [0, 0.05) is 37.3 Å². The second-order valence-corrected chi connectivity index (χ2v) is 8.47. The summed E-state index contributed by atoms with van der Waals surface area (Å²) in [6, 6.07) is 9.70. The zero-order chi connectivity index (χ0) is 20.9. The number of hydrogen-bond donors (Lipinski definition) is 1. The average Bonchev–Trinajstić information content (AvgIpc) is 2.76. The highest BCUT2D eigenvalue weighted by molar-refractivity contribution is 6.40. The summed E-state index contributed by atoms with van der Waals surface area (Å²) in [5.41, 5.74) is 2.07. The molecule has 1 fully saturated rings. The number of unbranched alkanes of at least 4 members (excludes halogenated alkanes) is 1. The first-order valence-electron chi connectivity index (χ1n) is 10.5. The number of carbonyl (C=O) groups excluding carboxylic acids is 1. The lowest BCUT2D eigenvalue weighted by molar-refractivity contribution is -0.692. The van der Waals surface area contributed by atoms with Crippen LogP contribution in [0.2, 0.25) is 10.2 Å². The molecule has 4 rings (SSSR count). The summed E-state index contributed by atoms with van der Waals surface area (Å²) in [7, 11) is 0. The van der Waals surface area contributed by atoms with E-state index in [-0.39, 0.29) is 5.91 Å². The zero-order valence-corrected chi connectivity index (χ0v) is 18.5. The van der Waals surface area contributed by atoms with Gasteiger partial charge < -0.3 is 10.1 Å². The Labute approximate surface area is 187 Å². The molecule has 2 aliphatic heterocycles. The van der Waals surface area contributed by atoms with Crippen molar-refractivity contribution in [1.82, 2.24) is 4.90 Å². The molecule has 30 heavy (non-hydrogen) atoms. The monoisotopic (exact) mass is 449 g/mol. The first-order chi connectivity index (χ1) is 14.6. The molecular weight excluding hydrogens is 423 g/mol. The van der Waals surface area contributed by atoms with Gasteiger partial charge in [-0.15, -0.1) is 0 Å². The van der Waals surface area contributed by atoms with Crippen molar-refractivity contribution in [1.29, 1.82) is 0 Å². The van der Waals surface area contributed by atoms with E-state index >= 15 is 0 Å². The maximum Gasteiger partial charge on any atom is 0.322 e. The lowest BCUT2D eigenvalue weighted by Gasteiger charge is -2.31. The van der Waals surface area contributed by atoms with Gasteiger partial charge in [0.15, 0.2) is 0 Å². The Kier molecular flexibility index (Phi) is 6.97. The number of pyridine rings is 1. The molecule has 2 aromatic rings. The summed E-state index contributed by atoms with van der Waals surface area (Å²) >= 11 is 12.4. The second kappa shape index (κ2) is 9.86. The van der Waals surface area contributed by atoms with Crippen LogP contribution in [-0.4, -0.2) is 50.1 Å². The van der Waals surface area contributed by atoms with E-state index < -0.39 is 0 Å². The number of rotatable bonds is 7. The summed E-state index contributed by atoms with van der Waals surface area (Å²) in [6.45, 7) is 5.58. The number of nitrogens with zero attached hydrogens (tertiary/aromatic N) is 3.